The van der Waals surface area contributed by atoms with E-state index in [1.807, 2.05) is 12.1 Å². The Bertz CT molecular complexity index is 328. The molecule has 0 saturated heterocycles. The molecule has 1 N–H and O–H groups in total. The van der Waals surface area contributed by atoms with Gasteiger partial charge in [0.25, 0.3) is 0 Å². The predicted octanol–water partition coefficient (Wildman–Crippen LogP) is 2.17. The third-order valence-electron chi connectivity index (χ3n) is 3.08. The predicted molar refractivity (Wildman–Crippen MR) is 77.4 cm³/mol. The maximum atomic E-state index is 9.51. The van der Waals surface area contributed by atoms with E-state index < -0.39 is 0 Å². The molecule has 0 unspecified atom stereocenters. The molecule has 0 aliphatic rings. The number of phenolic OH excluding ortho intramolecular Hbond substituents is 1. The zero-order chi connectivity index (χ0) is 12.1. The SMILES string of the molecule is CC[C@@H](c1cccc(O)c1)[C@@H](C)CN(C)C.[PbH2]. The van der Waals surface area contributed by atoms with Gasteiger partial charge in [0.2, 0.25) is 0 Å². The molecule has 0 bridgehead atoms. The summed E-state index contributed by atoms with van der Waals surface area (Å²) in [6, 6.07) is 7.66. The van der Waals surface area contributed by atoms with E-state index in [4.69, 9.17) is 0 Å². The fraction of sp³-hybridized carbons (Fsp3) is 0.571. The molecule has 0 aromatic heterocycles. The van der Waals surface area contributed by atoms with Gasteiger partial charge in [-0.15, -0.1) is 0 Å². The quantitative estimate of drug-likeness (QED) is 0.724. The topological polar surface area (TPSA) is 23.5 Å². The Labute approximate surface area is 125 Å². The van der Waals surface area contributed by atoms with Crippen LogP contribution in [0, 0.1) is 5.92 Å². The number of rotatable bonds is 5. The average Bonchev–Trinajstić information content (AvgIpc) is 2.17. The van der Waals surface area contributed by atoms with E-state index in [0.717, 1.165) is 13.0 Å². The van der Waals surface area contributed by atoms with Gasteiger partial charge < -0.3 is 10.0 Å². The van der Waals surface area contributed by atoms with E-state index in [-0.39, 0.29) is 27.3 Å². The van der Waals surface area contributed by atoms with Crippen LogP contribution in [0.1, 0.15) is 31.7 Å². The fourth-order valence-corrected chi connectivity index (χ4v) is 2.43. The number of aromatic hydroxyl groups is 1. The molecule has 0 spiro atoms. The molecular formula is C14H25NOPb. The summed E-state index contributed by atoms with van der Waals surface area (Å²) >= 11 is 0. The summed E-state index contributed by atoms with van der Waals surface area (Å²) in [5.74, 6) is 1.49. The Morgan fingerprint density at radius 2 is 1.94 bits per heavy atom. The van der Waals surface area contributed by atoms with Gasteiger partial charge >= 0.3 is 27.3 Å². The van der Waals surface area contributed by atoms with Crippen molar-refractivity contribution in [2.75, 3.05) is 20.6 Å². The Kier molecular flexibility index (Phi) is 8.04. The van der Waals surface area contributed by atoms with Gasteiger partial charge in [-0.1, -0.05) is 26.0 Å². The second kappa shape index (κ2) is 8.08. The van der Waals surface area contributed by atoms with E-state index in [1.54, 1.807) is 6.07 Å². The minimum absolute atomic E-state index is 0. The summed E-state index contributed by atoms with van der Waals surface area (Å²) < 4.78 is 0. The van der Waals surface area contributed by atoms with E-state index in [1.165, 1.54) is 5.56 Å². The standard InChI is InChI=1S/C14H23NO.Pb.2H/c1-5-14(11(2)10-15(3)4)12-7-6-8-13(16)9-12;;;/h6-9,11,14,16H,5,10H2,1-4H3;;;/t11-,14+;;;/m0.../s1. The van der Waals surface area contributed by atoms with E-state index in [9.17, 15) is 5.11 Å². The number of hydrogen-bond donors (Lipinski definition) is 1. The van der Waals surface area contributed by atoms with Crippen molar-refractivity contribution in [3.05, 3.63) is 29.8 Å². The average molecular weight is 431 g/mol. The molecule has 0 aliphatic carbocycles. The van der Waals surface area contributed by atoms with Gasteiger partial charge in [-0.2, -0.15) is 0 Å². The molecule has 0 amide bonds. The zero-order valence-corrected chi connectivity index (χ0v) is 17.0. The molecule has 1 aromatic carbocycles. The Balaban J connectivity index is 0.00000256. The number of benzene rings is 1. The van der Waals surface area contributed by atoms with Crippen LogP contribution in [-0.4, -0.2) is 57.9 Å². The Morgan fingerprint density at radius 3 is 2.41 bits per heavy atom. The van der Waals surface area contributed by atoms with Crippen molar-refractivity contribution in [3.63, 3.8) is 0 Å². The molecule has 1 rings (SSSR count). The van der Waals surface area contributed by atoms with Crippen LogP contribution in [0.15, 0.2) is 24.3 Å². The summed E-state index contributed by atoms with van der Waals surface area (Å²) in [6.07, 6.45) is 1.11. The summed E-state index contributed by atoms with van der Waals surface area (Å²) in [5.41, 5.74) is 1.25. The first kappa shape index (κ1) is 16.9. The maximum absolute atomic E-state index is 9.51. The van der Waals surface area contributed by atoms with E-state index >= 15 is 0 Å². The first-order valence-electron chi connectivity index (χ1n) is 5.98. The van der Waals surface area contributed by atoms with Crippen molar-refractivity contribution in [2.45, 2.75) is 26.2 Å². The number of hydrogen-bond acceptors (Lipinski definition) is 2. The zero-order valence-electron chi connectivity index (χ0n) is 11.5. The molecule has 3 heteroatoms. The second-order valence-electron chi connectivity index (χ2n) is 4.85. The van der Waals surface area contributed by atoms with Gasteiger partial charge in [0.1, 0.15) is 5.75 Å². The normalized spacial score (nSPS) is 14.2. The number of nitrogens with zero attached hydrogens (tertiary/aromatic N) is 1. The van der Waals surface area contributed by atoms with E-state index in [2.05, 4.69) is 38.9 Å². The molecule has 2 atom stereocenters. The van der Waals surface area contributed by atoms with Crippen LogP contribution < -0.4 is 0 Å². The van der Waals surface area contributed by atoms with Crippen LogP contribution in [0.25, 0.3) is 0 Å². The van der Waals surface area contributed by atoms with Crippen LogP contribution in [-0.2, 0) is 0 Å². The van der Waals surface area contributed by atoms with Crippen LogP contribution in [0.5, 0.6) is 5.75 Å². The van der Waals surface area contributed by atoms with E-state index in [0.29, 0.717) is 17.6 Å². The molecule has 0 saturated carbocycles. The third kappa shape index (κ3) is 5.38. The van der Waals surface area contributed by atoms with Crippen molar-refractivity contribution in [2.24, 2.45) is 5.92 Å². The van der Waals surface area contributed by atoms with Gasteiger partial charge in [0.05, 0.1) is 0 Å². The fourth-order valence-electron chi connectivity index (χ4n) is 2.43. The molecule has 2 radical (unpaired) electrons. The number of phenols is 1. The molecule has 96 valence electrons. The second-order valence-corrected chi connectivity index (χ2v) is 4.85. The van der Waals surface area contributed by atoms with Gasteiger partial charge in [-0.05, 0) is 50.0 Å². The third-order valence-corrected chi connectivity index (χ3v) is 3.08. The van der Waals surface area contributed by atoms with Crippen molar-refractivity contribution in [1.29, 1.82) is 0 Å². The monoisotopic (exact) mass is 431 g/mol. The summed E-state index contributed by atoms with van der Waals surface area (Å²) in [7, 11) is 4.21. The van der Waals surface area contributed by atoms with Crippen molar-refractivity contribution >= 4 is 27.3 Å². The molecular weight excluding hydrogens is 405 g/mol. The summed E-state index contributed by atoms with van der Waals surface area (Å²) in [5, 5.41) is 9.51. The Morgan fingerprint density at radius 1 is 1.29 bits per heavy atom. The van der Waals surface area contributed by atoms with Crippen LogP contribution in [0.3, 0.4) is 0 Å². The summed E-state index contributed by atoms with van der Waals surface area (Å²) in [6.45, 7) is 5.56. The van der Waals surface area contributed by atoms with Crippen molar-refractivity contribution in [1.82, 2.24) is 4.90 Å². The Hall–Kier alpha value is -0.0979. The molecule has 17 heavy (non-hydrogen) atoms. The minimum atomic E-state index is 0. The van der Waals surface area contributed by atoms with Gasteiger partial charge in [0.15, 0.2) is 0 Å². The molecule has 0 aliphatic heterocycles. The van der Waals surface area contributed by atoms with Crippen molar-refractivity contribution < 1.29 is 5.11 Å². The van der Waals surface area contributed by atoms with Gasteiger partial charge in [0, 0.05) is 6.54 Å². The first-order valence-corrected chi connectivity index (χ1v) is 5.98. The van der Waals surface area contributed by atoms with Gasteiger partial charge in [-0.25, -0.2) is 0 Å². The van der Waals surface area contributed by atoms with Crippen LogP contribution >= 0.6 is 0 Å². The van der Waals surface area contributed by atoms with Crippen molar-refractivity contribution in [3.8, 4) is 5.75 Å². The molecule has 1 aromatic rings. The summed E-state index contributed by atoms with van der Waals surface area (Å²) in [4.78, 5) is 2.22. The van der Waals surface area contributed by atoms with Crippen LogP contribution in [0.2, 0.25) is 0 Å². The molecule has 0 fully saturated rings. The molecule has 0 heterocycles. The first-order chi connectivity index (χ1) is 7.54. The molecule has 2 nitrogen and oxygen atoms in total. The van der Waals surface area contributed by atoms with Crippen LogP contribution in [0.4, 0.5) is 0 Å². The van der Waals surface area contributed by atoms with Gasteiger partial charge in [-0.3, -0.25) is 0 Å².